The summed E-state index contributed by atoms with van der Waals surface area (Å²) in [7, 11) is 0. The predicted octanol–water partition coefficient (Wildman–Crippen LogP) is 3.37. The van der Waals surface area contributed by atoms with Gasteiger partial charge < -0.3 is 10.2 Å². The first-order valence-corrected chi connectivity index (χ1v) is 10.9. The summed E-state index contributed by atoms with van der Waals surface area (Å²) in [6.45, 7) is 7.77. The van der Waals surface area contributed by atoms with Crippen molar-refractivity contribution in [1.82, 2.24) is 15.1 Å². The molecule has 2 aromatic rings. The lowest BCUT2D eigenvalue weighted by Crippen LogP contribution is -2.56. The molecule has 0 aliphatic carbocycles. The second-order valence-corrected chi connectivity index (χ2v) is 8.62. The van der Waals surface area contributed by atoms with Crippen LogP contribution in [0.2, 0.25) is 5.02 Å². The molecule has 1 aliphatic rings. The Bertz CT molecular complexity index is 831. The van der Waals surface area contributed by atoms with Crippen LogP contribution in [0.3, 0.4) is 0 Å². The number of carbonyl (C=O) groups excluding carboxylic acids is 2. The molecule has 1 N–H and O–H groups in total. The van der Waals surface area contributed by atoms with Crippen molar-refractivity contribution in [3.63, 3.8) is 0 Å². The summed E-state index contributed by atoms with van der Waals surface area (Å²) in [5.41, 5.74) is 2.16. The highest BCUT2D eigenvalue weighted by molar-refractivity contribution is 6.30. The van der Waals surface area contributed by atoms with Gasteiger partial charge in [0.05, 0.1) is 6.42 Å². The minimum Gasteiger partial charge on any atom is -0.344 e. The molecule has 0 radical (unpaired) electrons. The van der Waals surface area contributed by atoms with Gasteiger partial charge in [0.25, 0.3) is 0 Å². The van der Waals surface area contributed by atoms with E-state index < -0.39 is 6.04 Å². The van der Waals surface area contributed by atoms with E-state index >= 15 is 0 Å². The minimum absolute atomic E-state index is 0.0116. The van der Waals surface area contributed by atoms with Gasteiger partial charge in [-0.3, -0.25) is 14.5 Å². The molecule has 1 saturated heterocycles. The summed E-state index contributed by atoms with van der Waals surface area (Å²) < 4.78 is 0. The molecule has 1 fully saturated rings. The molecule has 5 nitrogen and oxygen atoms in total. The summed E-state index contributed by atoms with van der Waals surface area (Å²) in [6.07, 6.45) is 0.284. The zero-order valence-corrected chi connectivity index (χ0v) is 18.4. The Morgan fingerprint density at radius 3 is 2.17 bits per heavy atom. The van der Waals surface area contributed by atoms with E-state index in [-0.39, 0.29) is 24.2 Å². The Morgan fingerprint density at radius 2 is 1.57 bits per heavy atom. The quantitative estimate of drug-likeness (QED) is 0.737. The molecule has 0 saturated carbocycles. The SMILES string of the molecule is CC(C)[C@@H](NC(=O)Cc1ccccc1)C(=O)N1CCN(Cc2ccc(Cl)cc2)CC1. The molecule has 0 bridgehead atoms. The minimum atomic E-state index is -0.496. The van der Waals surface area contributed by atoms with E-state index in [0.29, 0.717) is 13.1 Å². The second kappa shape index (κ2) is 10.6. The number of rotatable bonds is 7. The number of piperazine rings is 1. The maximum atomic E-state index is 13.1. The van der Waals surface area contributed by atoms with Gasteiger partial charge in [-0.1, -0.05) is 67.9 Å². The van der Waals surface area contributed by atoms with Crippen LogP contribution < -0.4 is 5.32 Å². The smallest absolute Gasteiger partial charge is 0.245 e. The van der Waals surface area contributed by atoms with E-state index in [1.807, 2.05) is 73.3 Å². The monoisotopic (exact) mass is 427 g/mol. The standard InChI is InChI=1S/C24H30ClN3O2/c1-18(2)23(26-22(29)16-19-6-4-3-5-7-19)24(30)28-14-12-27(13-15-28)17-20-8-10-21(25)11-9-20/h3-11,18,23H,12-17H2,1-2H3,(H,26,29)/t23-/m1/s1. The molecule has 160 valence electrons. The van der Waals surface area contributed by atoms with E-state index in [2.05, 4.69) is 10.2 Å². The third kappa shape index (κ3) is 6.31. The van der Waals surface area contributed by atoms with Gasteiger partial charge in [-0.25, -0.2) is 0 Å². The molecule has 0 spiro atoms. The molecule has 1 heterocycles. The summed E-state index contributed by atoms with van der Waals surface area (Å²) in [4.78, 5) is 29.8. The second-order valence-electron chi connectivity index (χ2n) is 8.18. The molecular weight excluding hydrogens is 398 g/mol. The fraction of sp³-hybridized carbons (Fsp3) is 0.417. The number of nitrogens with one attached hydrogen (secondary N) is 1. The van der Waals surface area contributed by atoms with Crippen LogP contribution in [0.15, 0.2) is 54.6 Å². The number of halogens is 1. The molecule has 2 amide bonds. The van der Waals surface area contributed by atoms with Crippen molar-refractivity contribution in [1.29, 1.82) is 0 Å². The molecule has 0 unspecified atom stereocenters. The van der Waals surface area contributed by atoms with Crippen molar-refractivity contribution in [2.45, 2.75) is 32.9 Å². The Labute approximate surface area is 184 Å². The fourth-order valence-corrected chi connectivity index (χ4v) is 3.82. The van der Waals surface area contributed by atoms with Crippen LogP contribution in [0.1, 0.15) is 25.0 Å². The third-order valence-electron chi connectivity index (χ3n) is 5.46. The van der Waals surface area contributed by atoms with E-state index in [1.54, 1.807) is 0 Å². The van der Waals surface area contributed by atoms with E-state index in [1.165, 1.54) is 5.56 Å². The first-order valence-electron chi connectivity index (χ1n) is 10.5. The van der Waals surface area contributed by atoms with Gasteiger partial charge in [0.2, 0.25) is 11.8 Å². The lowest BCUT2D eigenvalue weighted by atomic mass is 10.0. The van der Waals surface area contributed by atoms with Crippen LogP contribution in [0.4, 0.5) is 0 Å². The molecule has 2 aromatic carbocycles. The maximum Gasteiger partial charge on any atom is 0.245 e. The normalized spacial score (nSPS) is 15.8. The number of amides is 2. The first-order chi connectivity index (χ1) is 14.4. The average Bonchev–Trinajstić information content (AvgIpc) is 2.74. The number of hydrogen-bond acceptors (Lipinski definition) is 3. The Kier molecular flexibility index (Phi) is 7.88. The van der Waals surface area contributed by atoms with Crippen LogP contribution in [-0.2, 0) is 22.6 Å². The highest BCUT2D eigenvalue weighted by atomic mass is 35.5. The van der Waals surface area contributed by atoms with Crippen LogP contribution in [0, 0.1) is 5.92 Å². The number of hydrogen-bond donors (Lipinski definition) is 1. The number of carbonyl (C=O) groups is 2. The summed E-state index contributed by atoms with van der Waals surface area (Å²) in [5.74, 6) is -0.0727. The van der Waals surface area contributed by atoms with Crippen molar-refractivity contribution in [3.05, 3.63) is 70.7 Å². The maximum absolute atomic E-state index is 13.1. The lowest BCUT2D eigenvalue weighted by molar-refractivity contribution is -0.139. The topological polar surface area (TPSA) is 52.7 Å². The molecular formula is C24H30ClN3O2. The van der Waals surface area contributed by atoms with Gasteiger partial charge in [-0.05, 0) is 29.2 Å². The van der Waals surface area contributed by atoms with Gasteiger partial charge in [-0.15, -0.1) is 0 Å². The van der Waals surface area contributed by atoms with Crippen LogP contribution in [0.5, 0.6) is 0 Å². The van der Waals surface area contributed by atoms with Crippen molar-refractivity contribution < 1.29 is 9.59 Å². The van der Waals surface area contributed by atoms with Gasteiger partial charge in [0.1, 0.15) is 6.04 Å². The molecule has 6 heteroatoms. The zero-order valence-electron chi connectivity index (χ0n) is 17.7. The van der Waals surface area contributed by atoms with Gasteiger partial charge in [0, 0.05) is 37.7 Å². The van der Waals surface area contributed by atoms with Crippen molar-refractivity contribution in [3.8, 4) is 0 Å². The van der Waals surface area contributed by atoms with Gasteiger partial charge in [-0.2, -0.15) is 0 Å². The molecule has 1 atom stereocenters. The number of benzene rings is 2. The highest BCUT2D eigenvalue weighted by Crippen LogP contribution is 2.14. The Hall–Kier alpha value is -2.37. The average molecular weight is 428 g/mol. The van der Waals surface area contributed by atoms with E-state index in [9.17, 15) is 9.59 Å². The van der Waals surface area contributed by atoms with Crippen LogP contribution >= 0.6 is 11.6 Å². The largest absolute Gasteiger partial charge is 0.344 e. The van der Waals surface area contributed by atoms with E-state index in [4.69, 9.17) is 11.6 Å². The first kappa shape index (κ1) is 22.3. The highest BCUT2D eigenvalue weighted by Gasteiger charge is 2.30. The van der Waals surface area contributed by atoms with Crippen molar-refractivity contribution in [2.75, 3.05) is 26.2 Å². The molecule has 0 aromatic heterocycles. The van der Waals surface area contributed by atoms with Gasteiger partial charge >= 0.3 is 0 Å². The number of nitrogens with zero attached hydrogens (tertiary/aromatic N) is 2. The Morgan fingerprint density at radius 1 is 0.933 bits per heavy atom. The van der Waals surface area contributed by atoms with E-state index in [0.717, 1.165) is 30.2 Å². The van der Waals surface area contributed by atoms with Crippen LogP contribution in [0.25, 0.3) is 0 Å². The third-order valence-corrected chi connectivity index (χ3v) is 5.71. The van der Waals surface area contributed by atoms with Gasteiger partial charge in [0.15, 0.2) is 0 Å². The van der Waals surface area contributed by atoms with Crippen molar-refractivity contribution in [2.24, 2.45) is 5.92 Å². The Balaban J connectivity index is 1.52. The predicted molar refractivity (Wildman–Crippen MR) is 120 cm³/mol. The summed E-state index contributed by atoms with van der Waals surface area (Å²) in [5, 5.41) is 3.70. The fourth-order valence-electron chi connectivity index (χ4n) is 3.69. The zero-order chi connectivity index (χ0) is 21.5. The molecule has 1 aliphatic heterocycles. The van der Waals surface area contributed by atoms with Crippen LogP contribution in [-0.4, -0.2) is 53.8 Å². The molecule has 3 rings (SSSR count). The molecule has 30 heavy (non-hydrogen) atoms. The van der Waals surface area contributed by atoms with Crippen molar-refractivity contribution >= 4 is 23.4 Å². The summed E-state index contributed by atoms with van der Waals surface area (Å²) >= 11 is 5.96. The summed E-state index contributed by atoms with van der Waals surface area (Å²) in [6, 6.07) is 17.0. The lowest BCUT2D eigenvalue weighted by Gasteiger charge is -2.37.